The minimum absolute atomic E-state index is 0.0909. The Balaban J connectivity index is 0.000000149. The van der Waals surface area contributed by atoms with E-state index in [9.17, 15) is 33.6 Å². The summed E-state index contributed by atoms with van der Waals surface area (Å²) in [5, 5.41) is 16.8. The molecule has 4 aromatic heterocycles. The van der Waals surface area contributed by atoms with Crippen LogP contribution in [0.1, 0.15) is 227 Å². The maximum atomic E-state index is 13.9. The number of H-pyrrole nitrogens is 4. The molecule has 0 saturated heterocycles. The highest BCUT2D eigenvalue weighted by atomic mass is 16.2. The number of hydrogen-bond donors (Lipinski definition) is 7. The van der Waals surface area contributed by atoms with Gasteiger partial charge in [0, 0.05) is 61.8 Å². The average molecular weight is 1840 g/mol. The summed E-state index contributed by atoms with van der Waals surface area (Å²) in [6.45, 7) is 23.1. The van der Waals surface area contributed by atoms with Crippen LogP contribution in [0.4, 0.5) is 17.1 Å². The first-order chi connectivity index (χ1) is 67.5. The van der Waals surface area contributed by atoms with Crippen molar-refractivity contribution in [1.82, 2.24) is 19.9 Å². The standard InChI is InChI=1S/C37H36N2O2.C35H38N2O2.C25H26N4O.C25H26N2O2/c1-4-5-7-10-27-17-21-30(22-18-27)35-33(28-11-8-6-9-12-28)32(29-19-13-25(2)14-20-29)34(37(41)39-35)36(40)38-31-23-15-26(3)16-24-31;1-5-7-9-10-26-16-20-28(21-17-26)33-30(11-8-6-2)31(27-18-12-24(3)13-19-27)32(35(39)37-33)34(38)36-29-22-14-25(4)15-23-29;1-3-4-5-6-18-9-13-20(14-10-18)22-15-21(19-11-7-17(2)8-12-19)23(25(30)28-22)24-26-16-27-29-24;1-16-7-11-18(12-8-16)21-15-22(19-5-3-4-6-19)27-25(29)23(21)24(28)26-20-13-9-17(2)10-14-20/h6,8-9,11-24H,4-5,7,10H2,1-3H3,(H,38,40)(H,39,41);8,11-23H,5-7,9-10H2,1-4H3,(H,36,38)(H,37,39);7-15H,3-6,16H2,1-2H3,(H,28,30);7-15,19H,3-6H2,1-2H3,(H,26,28)(H,27,29)/b;11-8+;;. The third-order valence-electron chi connectivity index (χ3n) is 25.6. The van der Waals surface area contributed by atoms with Crippen molar-refractivity contribution in [3.63, 3.8) is 0 Å². The second kappa shape index (κ2) is 48.4. The lowest BCUT2D eigenvalue weighted by molar-refractivity contribution is 0.101. The van der Waals surface area contributed by atoms with Gasteiger partial charge in [-0.25, -0.2) is 4.99 Å². The van der Waals surface area contributed by atoms with E-state index in [0.717, 1.165) is 151 Å². The molecule has 5 heterocycles. The number of unbranched alkanes of at least 4 members (excludes halogenated alkanes) is 6. The fourth-order valence-electron chi connectivity index (χ4n) is 17.7. The van der Waals surface area contributed by atoms with Gasteiger partial charge in [-0.3, -0.25) is 33.6 Å². The second-order valence-corrected chi connectivity index (χ2v) is 36.5. The van der Waals surface area contributed by atoms with Crippen molar-refractivity contribution >= 4 is 46.7 Å². The van der Waals surface area contributed by atoms with Gasteiger partial charge in [0.05, 0.1) is 17.0 Å². The smallest absolute Gasteiger partial charge is 0.261 e. The minimum atomic E-state index is -0.444. The molecule has 1 aliphatic heterocycles. The van der Waals surface area contributed by atoms with E-state index in [1.165, 1.54) is 86.5 Å². The Bertz CT molecular complexity index is 7090. The van der Waals surface area contributed by atoms with Crippen molar-refractivity contribution in [1.29, 1.82) is 0 Å². The molecule has 17 heteroatoms. The van der Waals surface area contributed by atoms with Gasteiger partial charge in [-0.2, -0.15) is 5.11 Å². The number of benzene rings is 11. The summed E-state index contributed by atoms with van der Waals surface area (Å²) in [6, 6.07) is 94.1. The van der Waals surface area contributed by atoms with Crippen molar-refractivity contribution in [2.75, 3.05) is 22.6 Å². The van der Waals surface area contributed by atoms with Crippen LogP contribution >= 0.6 is 0 Å². The second-order valence-electron chi connectivity index (χ2n) is 36.5. The molecule has 139 heavy (non-hydrogen) atoms. The number of carbonyl (C=O) groups excluding carboxylic acids is 3. The van der Waals surface area contributed by atoms with Gasteiger partial charge < -0.3 is 35.9 Å². The van der Waals surface area contributed by atoms with Crippen LogP contribution in [0.25, 0.3) is 95.5 Å². The van der Waals surface area contributed by atoms with Crippen LogP contribution in [0.2, 0.25) is 0 Å². The number of allylic oxidation sites excluding steroid dienone is 1. The van der Waals surface area contributed by atoms with Gasteiger partial charge in [0.15, 0.2) is 12.5 Å². The summed E-state index contributed by atoms with van der Waals surface area (Å²) in [6.07, 6.45) is 23.4. The van der Waals surface area contributed by atoms with E-state index in [-0.39, 0.29) is 40.4 Å². The Labute approximate surface area is 816 Å². The number of carbonyl (C=O) groups is 3. The van der Waals surface area contributed by atoms with E-state index < -0.39 is 22.9 Å². The van der Waals surface area contributed by atoms with Crippen LogP contribution in [0.5, 0.6) is 0 Å². The molecule has 706 valence electrons. The fraction of sp³-hybridized carbons (Fsp3) is 0.246. The monoisotopic (exact) mass is 1840 g/mol. The van der Waals surface area contributed by atoms with Crippen molar-refractivity contribution < 1.29 is 14.4 Å². The molecular formula is C122H126N10O7. The van der Waals surface area contributed by atoms with Gasteiger partial charge in [-0.15, -0.1) is 5.11 Å². The lowest BCUT2D eigenvalue weighted by Crippen LogP contribution is -2.26. The zero-order valence-electron chi connectivity index (χ0n) is 81.8. The van der Waals surface area contributed by atoms with Gasteiger partial charge in [-0.1, -0.05) is 367 Å². The highest BCUT2D eigenvalue weighted by molar-refractivity contribution is 6.14. The third-order valence-corrected chi connectivity index (χ3v) is 25.6. The molecule has 0 bridgehead atoms. The van der Waals surface area contributed by atoms with E-state index >= 15 is 0 Å². The molecule has 2 aliphatic rings. The average Bonchev–Trinajstić information content (AvgIpc) is 1.69. The molecule has 0 spiro atoms. The largest absolute Gasteiger partial charge is 0.325 e. The molecule has 3 amide bonds. The Morgan fingerprint density at radius 2 is 0.712 bits per heavy atom. The van der Waals surface area contributed by atoms with Gasteiger partial charge in [0.1, 0.15) is 16.7 Å². The van der Waals surface area contributed by atoms with Crippen molar-refractivity contribution in [3.05, 3.63) is 422 Å². The van der Waals surface area contributed by atoms with Crippen LogP contribution in [-0.4, -0.2) is 50.2 Å². The molecule has 15 aromatic rings. The lowest BCUT2D eigenvalue weighted by Gasteiger charge is -2.20. The van der Waals surface area contributed by atoms with Crippen LogP contribution < -0.4 is 38.2 Å². The number of amidine groups is 1. The first-order valence-electron chi connectivity index (χ1n) is 49.0. The van der Waals surface area contributed by atoms with Gasteiger partial charge in [0.25, 0.3) is 40.0 Å². The number of hydrogen-bond acceptors (Lipinski definition) is 10. The molecule has 17 rings (SSSR count). The molecular weight excluding hydrogens is 1720 g/mol. The summed E-state index contributed by atoms with van der Waals surface area (Å²) >= 11 is 0. The van der Waals surface area contributed by atoms with Crippen molar-refractivity contribution in [2.45, 2.75) is 191 Å². The Morgan fingerprint density at radius 1 is 0.345 bits per heavy atom. The normalized spacial score (nSPS) is 12.1. The first kappa shape index (κ1) is 99.6. The third kappa shape index (κ3) is 26.1. The van der Waals surface area contributed by atoms with E-state index in [0.29, 0.717) is 62.5 Å². The number of anilines is 3. The number of nitrogens with one attached hydrogen (secondary N) is 7. The molecule has 0 atom stereocenters. The first-order valence-corrected chi connectivity index (χ1v) is 49.0. The maximum absolute atomic E-state index is 13.9. The summed E-state index contributed by atoms with van der Waals surface area (Å²) in [5.74, 6) is -0.505. The molecule has 1 aliphatic carbocycles. The zero-order valence-corrected chi connectivity index (χ0v) is 81.8. The highest BCUT2D eigenvalue weighted by Crippen LogP contribution is 2.43. The van der Waals surface area contributed by atoms with E-state index in [1.807, 2.05) is 267 Å². The molecule has 7 N–H and O–H groups in total. The SMILES string of the molecule is CC/C=C/c1c(-c2ccc(CCCCC)cc2)[nH]c(=O)c(C(=O)Nc2ccc(C)cc2)c1-c1ccc(C)cc1.CCCCCc1ccc(-c2[nH]c(=O)c(C(=O)Nc3ccc(C)cc3)c(-c3ccc(C)cc3)c2-c2ccccc2)cc1.CCCCCc1ccc(-c2cc(-c3ccc(C)cc3)c(C3=NCN=N3)c(=O)[nH]2)cc1.Cc1ccc(NC(=O)c2c(-c3ccc(C)cc3)cc(C3CCCC3)[nH]c2=O)cc1. The summed E-state index contributed by atoms with van der Waals surface area (Å²) < 4.78 is 0. The zero-order chi connectivity index (χ0) is 97.9. The van der Waals surface area contributed by atoms with Crippen LogP contribution in [0, 0.1) is 48.5 Å². The number of pyridine rings is 4. The predicted octanol–water partition coefficient (Wildman–Crippen LogP) is 29.2. The number of rotatable bonds is 30. The van der Waals surface area contributed by atoms with Gasteiger partial charge in [-0.05, 0) is 222 Å². The van der Waals surface area contributed by atoms with Crippen molar-refractivity contribution in [3.8, 4) is 89.4 Å². The Morgan fingerprint density at radius 3 is 1.14 bits per heavy atom. The summed E-state index contributed by atoms with van der Waals surface area (Å²) in [5.41, 5.74) is 27.9. The molecule has 0 radical (unpaired) electrons. The summed E-state index contributed by atoms with van der Waals surface area (Å²) in [4.78, 5) is 111. The molecule has 1 fully saturated rings. The highest BCUT2D eigenvalue weighted by Gasteiger charge is 2.30. The number of aromatic nitrogens is 4. The van der Waals surface area contributed by atoms with E-state index in [2.05, 4.69) is 158 Å². The molecule has 0 unspecified atom stereocenters. The predicted molar refractivity (Wildman–Crippen MR) is 575 cm³/mol. The van der Waals surface area contributed by atoms with Crippen LogP contribution in [0.15, 0.2) is 326 Å². The molecule has 11 aromatic carbocycles. The van der Waals surface area contributed by atoms with E-state index in [4.69, 9.17) is 0 Å². The Kier molecular flexibility index (Phi) is 34.7. The van der Waals surface area contributed by atoms with Crippen LogP contribution in [0.3, 0.4) is 0 Å². The Hall–Kier alpha value is -15.4. The maximum Gasteiger partial charge on any atom is 0.261 e. The van der Waals surface area contributed by atoms with Gasteiger partial charge in [0.2, 0.25) is 0 Å². The lowest BCUT2D eigenvalue weighted by atomic mass is 9.87. The summed E-state index contributed by atoms with van der Waals surface area (Å²) in [7, 11) is 0. The van der Waals surface area contributed by atoms with E-state index in [1.54, 1.807) is 0 Å². The number of aliphatic imine (C=N–C) groups is 1. The number of nitrogens with zero attached hydrogens (tertiary/aromatic N) is 3. The minimum Gasteiger partial charge on any atom is -0.325 e. The quantitative estimate of drug-likeness (QED) is 0.0214. The van der Waals surface area contributed by atoms with Gasteiger partial charge >= 0.3 is 0 Å². The number of azo groups is 1. The fourth-order valence-corrected chi connectivity index (χ4v) is 17.7. The number of aryl methyl sites for hydroxylation is 10. The van der Waals surface area contributed by atoms with Crippen LogP contribution in [-0.2, 0) is 19.3 Å². The van der Waals surface area contributed by atoms with Crippen molar-refractivity contribution in [2.24, 2.45) is 15.2 Å². The topological polar surface area (TPSA) is 256 Å². The molecule has 17 nitrogen and oxygen atoms in total. The number of aromatic amines is 4. The molecule has 1 saturated carbocycles. The number of amides is 3.